The smallest absolute Gasteiger partial charge is 0.151 e. The second-order valence-electron chi connectivity index (χ2n) is 3.46. The molecule has 14 heavy (non-hydrogen) atoms. The molecule has 0 aromatic carbocycles. The van der Waals surface area contributed by atoms with Gasteiger partial charge in [-0.25, -0.2) is 0 Å². The normalized spacial score (nSPS) is 22.4. The Balaban J connectivity index is 2.16. The summed E-state index contributed by atoms with van der Waals surface area (Å²) in [7, 11) is 0. The van der Waals surface area contributed by atoms with E-state index in [-0.39, 0.29) is 0 Å². The number of hydrogen-bond donors (Lipinski definition) is 1. The highest BCUT2D eigenvalue weighted by Gasteiger charge is 2.19. The van der Waals surface area contributed by atoms with Crippen LogP contribution in [0.1, 0.15) is 6.92 Å². The molecule has 1 aromatic heterocycles. The standard InChI is InChI=1S/C9H13ClN4/c1-7-6-11-4-5-14(7)9-3-2-8(10)12-13-9/h2-3,7,11H,4-6H2,1H3. The fourth-order valence-electron chi connectivity index (χ4n) is 1.64. The predicted octanol–water partition coefficient (Wildman–Crippen LogP) is 0.928. The number of nitrogens with one attached hydrogen (secondary N) is 1. The van der Waals surface area contributed by atoms with E-state index in [0.29, 0.717) is 11.2 Å². The van der Waals surface area contributed by atoms with Gasteiger partial charge < -0.3 is 10.2 Å². The molecule has 1 aliphatic heterocycles. The first-order valence-corrected chi connectivity index (χ1v) is 5.12. The summed E-state index contributed by atoms with van der Waals surface area (Å²) in [5.41, 5.74) is 0. The topological polar surface area (TPSA) is 41.0 Å². The van der Waals surface area contributed by atoms with Gasteiger partial charge in [-0.3, -0.25) is 0 Å². The second kappa shape index (κ2) is 4.11. The summed E-state index contributed by atoms with van der Waals surface area (Å²) >= 11 is 5.68. The highest BCUT2D eigenvalue weighted by molar-refractivity contribution is 6.29. The van der Waals surface area contributed by atoms with Crippen LogP contribution in [0.2, 0.25) is 5.15 Å². The molecule has 0 radical (unpaired) electrons. The lowest BCUT2D eigenvalue weighted by atomic mass is 10.2. The minimum Gasteiger partial charge on any atom is -0.350 e. The van der Waals surface area contributed by atoms with Crippen LogP contribution in [0.4, 0.5) is 5.82 Å². The van der Waals surface area contributed by atoms with Gasteiger partial charge in [0, 0.05) is 25.7 Å². The van der Waals surface area contributed by atoms with E-state index >= 15 is 0 Å². The molecule has 1 aromatic rings. The first-order valence-electron chi connectivity index (χ1n) is 4.74. The SMILES string of the molecule is CC1CNCCN1c1ccc(Cl)nn1. The van der Waals surface area contributed by atoms with E-state index in [1.54, 1.807) is 6.07 Å². The summed E-state index contributed by atoms with van der Waals surface area (Å²) in [6, 6.07) is 4.15. The first kappa shape index (κ1) is 9.68. The zero-order valence-electron chi connectivity index (χ0n) is 8.07. The van der Waals surface area contributed by atoms with Crippen LogP contribution < -0.4 is 10.2 Å². The van der Waals surface area contributed by atoms with E-state index < -0.39 is 0 Å². The minimum atomic E-state index is 0.441. The van der Waals surface area contributed by atoms with Crippen molar-refractivity contribution in [2.75, 3.05) is 24.5 Å². The number of anilines is 1. The van der Waals surface area contributed by atoms with Crippen LogP contribution in [-0.2, 0) is 0 Å². The van der Waals surface area contributed by atoms with Crippen molar-refractivity contribution in [1.82, 2.24) is 15.5 Å². The van der Waals surface area contributed by atoms with Crippen molar-refractivity contribution in [3.8, 4) is 0 Å². The molecule has 0 bridgehead atoms. The average molecular weight is 213 g/mol. The molecule has 0 spiro atoms. The Labute approximate surface area is 88.3 Å². The number of nitrogens with zero attached hydrogens (tertiary/aromatic N) is 3. The molecule has 76 valence electrons. The van der Waals surface area contributed by atoms with Crippen LogP contribution in [0.5, 0.6) is 0 Å². The zero-order chi connectivity index (χ0) is 9.97. The molecule has 4 nitrogen and oxygen atoms in total. The molecule has 1 atom stereocenters. The molecule has 0 aliphatic carbocycles. The Kier molecular flexibility index (Phi) is 2.84. The average Bonchev–Trinajstić information content (AvgIpc) is 2.20. The van der Waals surface area contributed by atoms with Gasteiger partial charge in [0.1, 0.15) is 0 Å². The third-order valence-corrected chi connectivity index (χ3v) is 2.62. The second-order valence-corrected chi connectivity index (χ2v) is 3.85. The Hall–Kier alpha value is -0.870. The van der Waals surface area contributed by atoms with Gasteiger partial charge >= 0.3 is 0 Å². The maximum Gasteiger partial charge on any atom is 0.151 e. The Morgan fingerprint density at radius 2 is 2.36 bits per heavy atom. The largest absolute Gasteiger partial charge is 0.350 e. The van der Waals surface area contributed by atoms with Crippen molar-refractivity contribution in [3.05, 3.63) is 17.3 Å². The molecule has 1 aliphatic rings. The van der Waals surface area contributed by atoms with Gasteiger partial charge in [-0.2, -0.15) is 0 Å². The number of rotatable bonds is 1. The Bertz CT molecular complexity index is 300. The van der Waals surface area contributed by atoms with Crippen LogP contribution in [0.3, 0.4) is 0 Å². The summed E-state index contributed by atoms with van der Waals surface area (Å²) in [6.45, 7) is 5.12. The molecule has 0 amide bonds. The summed E-state index contributed by atoms with van der Waals surface area (Å²) < 4.78 is 0. The quantitative estimate of drug-likeness (QED) is 0.752. The lowest BCUT2D eigenvalue weighted by Crippen LogP contribution is -2.50. The minimum absolute atomic E-state index is 0.441. The van der Waals surface area contributed by atoms with E-state index in [1.165, 1.54) is 0 Å². The third-order valence-electron chi connectivity index (χ3n) is 2.41. The molecule has 1 N–H and O–H groups in total. The van der Waals surface area contributed by atoms with Crippen molar-refractivity contribution in [2.24, 2.45) is 0 Å². The molecule has 0 saturated carbocycles. The summed E-state index contributed by atoms with van der Waals surface area (Å²) in [5, 5.41) is 11.7. The van der Waals surface area contributed by atoms with Gasteiger partial charge in [0.25, 0.3) is 0 Å². The summed E-state index contributed by atoms with van der Waals surface area (Å²) in [4.78, 5) is 2.24. The van der Waals surface area contributed by atoms with E-state index in [4.69, 9.17) is 11.6 Å². The van der Waals surface area contributed by atoms with Crippen LogP contribution in [-0.4, -0.2) is 35.9 Å². The molecular weight excluding hydrogens is 200 g/mol. The van der Waals surface area contributed by atoms with Crippen LogP contribution in [0.25, 0.3) is 0 Å². The molecule has 1 fully saturated rings. The van der Waals surface area contributed by atoms with Gasteiger partial charge in [-0.1, -0.05) is 11.6 Å². The summed E-state index contributed by atoms with van der Waals surface area (Å²) in [6.07, 6.45) is 0. The van der Waals surface area contributed by atoms with E-state index in [1.807, 2.05) is 6.07 Å². The van der Waals surface area contributed by atoms with Gasteiger partial charge in [-0.05, 0) is 19.1 Å². The molecular formula is C9H13ClN4. The molecule has 5 heteroatoms. The fourth-order valence-corrected chi connectivity index (χ4v) is 1.74. The van der Waals surface area contributed by atoms with Crippen molar-refractivity contribution < 1.29 is 0 Å². The van der Waals surface area contributed by atoms with Crippen molar-refractivity contribution in [2.45, 2.75) is 13.0 Å². The zero-order valence-corrected chi connectivity index (χ0v) is 8.83. The van der Waals surface area contributed by atoms with Crippen LogP contribution >= 0.6 is 11.6 Å². The number of halogens is 1. The first-order chi connectivity index (χ1) is 6.77. The fraction of sp³-hybridized carbons (Fsp3) is 0.556. The molecule has 2 rings (SSSR count). The highest BCUT2D eigenvalue weighted by Crippen LogP contribution is 2.15. The Morgan fingerprint density at radius 3 is 3.00 bits per heavy atom. The number of hydrogen-bond acceptors (Lipinski definition) is 4. The third kappa shape index (κ3) is 1.96. The van der Waals surface area contributed by atoms with Gasteiger partial charge in [0.2, 0.25) is 0 Å². The van der Waals surface area contributed by atoms with Crippen LogP contribution in [0.15, 0.2) is 12.1 Å². The maximum absolute atomic E-state index is 5.68. The van der Waals surface area contributed by atoms with Crippen molar-refractivity contribution >= 4 is 17.4 Å². The molecule has 1 unspecified atom stereocenters. The predicted molar refractivity (Wildman–Crippen MR) is 56.7 cm³/mol. The van der Waals surface area contributed by atoms with E-state index in [2.05, 4.69) is 27.3 Å². The summed E-state index contributed by atoms with van der Waals surface area (Å²) in [5.74, 6) is 0.906. The van der Waals surface area contributed by atoms with Gasteiger partial charge in [0.05, 0.1) is 0 Å². The van der Waals surface area contributed by atoms with Crippen LogP contribution in [0, 0.1) is 0 Å². The number of piperazine rings is 1. The highest BCUT2D eigenvalue weighted by atomic mass is 35.5. The molecule has 2 heterocycles. The molecule has 1 saturated heterocycles. The van der Waals surface area contributed by atoms with Crippen molar-refractivity contribution in [1.29, 1.82) is 0 Å². The monoisotopic (exact) mass is 212 g/mol. The van der Waals surface area contributed by atoms with E-state index in [9.17, 15) is 0 Å². The van der Waals surface area contributed by atoms with E-state index in [0.717, 1.165) is 25.5 Å². The lowest BCUT2D eigenvalue weighted by Gasteiger charge is -2.34. The lowest BCUT2D eigenvalue weighted by molar-refractivity contribution is 0.495. The maximum atomic E-state index is 5.68. The number of aromatic nitrogens is 2. The van der Waals surface area contributed by atoms with Crippen molar-refractivity contribution in [3.63, 3.8) is 0 Å². The van der Waals surface area contributed by atoms with Gasteiger partial charge in [-0.15, -0.1) is 10.2 Å². The Morgan fingerprint density at radius 1 is 1.50 bits per heavy atom. The van der Waals surface area contributed by atoms with Gasteiger partial charge in [0.15, 0.2) is 11.0 Å².